The summed E-state index contributed by atoms with van der Waals surface area (Å²) in [6.45, 7) is 2.29. The van der Waals surface area contributed by atoms with Crippen molar-refractivity contribution in [1.82, 2.24) is 0 Å². The van der Waals surface area contributed by atoms with Crippen LogP contribution in [0.25, 0.3) is 0 Å². The van der Waals surface area contributed by atoms with Crippen molar-refractivity contribution in [3.63, 3.8) is 0 Å². The molecule has 0 heterocycles. The third kappa shape index (κ3) is 4.89. The maximum Gasteiger partial charge on any atom is 0.303 e. The maximum absolute atomic E-state index is 10.7. The molecule has 0 saturated carbocycles. The summed E-state index contributed by atoms with van der Waals surface area (Å²) < 4.78 is 10.8. The van der Waals surface area contributed by atoms with Gasteiger partial charge in [-0.2, -0.15) is 0 Å². The smallest absolute Gasteiger partial charge is 0.303 e. The molecular formula is C18H19ClO4. The topological polar surface area (TPSA) is 55.8 Å². The predicted molar refractivity (Wildman–Crippen MR) is 89.4 cm³/mol. The van der Waals surface area contributed by atoms with Crippen LogP contribution in [0.3, 0.4) is 0 Å². The summed E-state index contributed by atoms with van der Waals surface area (Å²) in [6.07, 6.45) is 0.116. The van der Waals surface area contributed by atoms with Gasteiger partial charge in [0.15, 0.2) is 0 Å². The van der Waals surface area contributed by atoms with Crippen LogP contribution in [0, 0.1) is 0 Å². The number of methoxy groups -OCH3 is 1. The maximum atomic E-state index is 10.7. The van der Waals surface area contributed by atoms with Gasteiger partial charge in [-0.25, -0.2) is 0 Å². The van der Waals surface area contributed by atoms with Crippen molar-refractivity contribution in [3.8, 4) is 11.5 Å². The number of ether oxygens (including phenoxy) is 2. The van der Waals surface area contributed by atoms with Crippen molar-refractivity contribution < 1.29 is 19.4 Å². The van der Waals surface area contributed by atoms with Gasteiger partial charge in [-0.15, -0.1) is 0 Å². The Hall–Kier alpha value is -2.20. The van der Waals surface area contributed by atoms with Crippen LogP contribution >= 0.6 is 11.6 Å². The van der Waals surface area contributed by atoms with E-state index in [2.05, 4.69) is 0 Å². The molecule has 4 nitrogen and oxygen atoms in total. The molecule has 1 atom stereocenters. The van der Waals surface area contributed by atoms with Crippen LogP contribution in [0.2, 0.25) is 5.02 Å². The monoisotopic (exact) mass is 334 g/mol. The molecule has 0 bridgehead atoms. The van der Waals surface area contributed by atoms with E-state index in [0.717, 1.165) is 16.9 Å². The Morgan fingerprint density at radius 1 is 1.22 bits per heavy atom. The van der Waals surface area contributed by atoms with E-state index in [1.807, 2.05) is 43.3 Å². The first-order chi connectivity index (χ1) is 11.0. The lowest BCUT2D eigenvalue weighted by Crippen LogP contribution is -2.03. The fourth-order valence-electron chi connectivity index (χ4n) is 2.24. The lowest BCUT2D eigenvalue weighted by atomic mass is 9.98. The van der Waals surface area contributed by atoms with E-state index in [4.69, 9.17) is 26.2 Å². The molecule has 0 aliphatic heterocycles. The summed E-state index contributed by atoms with van der Waals surface area (Å²) in [5.41, 5.74) is 1.92. The van der Waals surface area contributed by atoms with E-state index < -0.39 is 5.97 Å². The van der Waals surface area contributed by atoms with Gasteiger partial charge in [-0.3, -0.25) is 4.79 Å². The number of carboxylic acid groups (broad SMARTS) is 1. The molecule has 2 aromatic carbocycles. The van der Waals surface area contributed by atoms with Crippen molar-refractivity contribution in [1.29, 1.82) is 0 Å². The molecule has 0 saturated heterocycles. The Morgan fingerprint density at radius 3 is 2.48 bits per heavy atom. The highest BCUT2D eigenvalue weighted by atomic mass is 35.5. The molecule has 0 radical (unpaired) electrons. The van der Waals surface area contributed by atoms with E-state index in [1.165, 1.54) is 0 Å². The van der Waals surface area contributed by atoms with Crippen LogP contribution in [0.1, 0.15) is 30.4 Å². The molecule has 5 heteroatoms. The summed E-state index contributed by atoms with van der Waals surface area (Å²) in [5, 5.41) is 9.37. The number of rotatable bonds is 7. The summed E-state index contributed by atoms with van der Waals surface area (Å²) in [5.74, 6) is 0.534. The highest BCUT2D eigenvalue weighted by molar-refractivity contribution is 6.32. The number of hydrogen-bond donors (Lipinski definition) is 1. The van der Waals surface area contributed by atoms with Gasteiger partial charge in [0.2, 0.25) is 0 Å². The number of aliphatic carboxylic acids is 1. The van der Waals surface area contributed by atoms with Gasteiger partial charge < -0.3 is 14.6 Å². The first kappa shape index (κ1) is 17.2. The number of hydrogen-bond acceptors (Lipinski definition) is 3. The zero-order chi connectivity index (χ0) is 16.8. The Morgan fingerprint density at radius 2 is 1.91 bits per heavy atom. The van der Waals surface area contributed by atoms with Gasteiger partial charge >= 0.3 is 5.97 Å². The van der Waals surface area contributed by atoms with Crippen molar-refractivity contribution in [2.45, 2.75) is 25.9 Å². The van der Waals surface area contributed by atoms with Crippen LogP contribution in [0.4, 0.5) is 0 Å². The van der Waals surface area contributed by atoms with Gasteiger partial charge in [0.05, 0.1) is 18.6 Å². The van der Waals surface area contributed by atoms with Crippen LogP contribution < -0.4 is 9.47 Å². The zero-order valence-corrected chi connectivity index (χ0v) is 13.8. The second kappa shape index (κ2) is 7.88. The molecule has 0 amide bonds. The lowest BCUT2D eigenvalue weighted by Gasteiger charge is -2.11. The molecule has 0 aliphatic rings. The van der Waals surface area contributed by atoms with E-state index in [-0.39, 0.29) is 12.3 Å². The van der Waals surface area contributed by atoms with E-state index in [0.29, 0.717) is 17.4 Å². The highest BCUT2D eigenvalue weighted by Crippen LogP contribution is 2.26. The second-order valence-electron chi connectivity index (χ2n) is 5.33. The number of benzene rings is 2. The predicted octanol–water partition coefficient (Wildman–Crippen LogP) is 4.51. The molecular weight excluding hydrogens is 316 g/mol. The Balaban J connectivity index is 1.96. The van der Waals surface area contributed by atoms with Gasteiger partial charge in [0.25, 0.3) is 0 Å². The molecule has 0 spiro atoms. The molecule has 1 N–H and O–H groups in total. The Bertz CT molecular complexity index is 667. The van der Waals surface area contributed by atoms with E-state index in [9.17, 15) is 4.79 Å². The zero-order valence-electron chi connectivity index (χ0n) is 13.1. The SMILES string of the molecule is COc1ccc(COc2ccc([C@H](C)CC(=O)O)cc2)cc1Cl. The van der Waals surface area contributed by atoms with Crippen molar-refractivity contribution in [2.24, 2.45) is 0 Å². The molecule has 0 unspecified atom stereocenters. The molecule has 23 heavy (non-hydrogen) atoms. The number of halogens is 1. The molecule has 0 aromatic heterocycles. The van der Waals surface area contributed by atoms with Crippen LogP contribution in [0.5, 0.6) is 11.5 Å². The third-order valence-corrected chi connectivity index (χ3v) is 3.85. The summed E-state index contributed by atoms with van der Waals surface area (Å²) in [4.78, 5) is 10.7. The Kier molecular flexibility index (Phi) is 5.88. The van der Waals surface area contributed by atoms with Crippen LogP contribution in [-0.4, -0.2) is 18.2 Å². The number of carboxylic acids is 1. The minimum Gasteiger partial charge on any atom is -0.495 e. The van der Waals surface area contributed by atoms with Gasteiger partial charge in [0.1, 0.15) is 18.1 Å². The first-order valence-electron chi connectivity index (χ1n) is 7.26. The minimum atomic E-state index is -0.797. The minimum absolute atomic E-state index is 0.0260. The molecule has 122 valence electrons. The summed E-state index contributed by atoms with van der Waals surface area (Å²) >= 11 is 6.08. The van der Waals surface area contributed by atoms with Crippen LogP contribution in [-0.2, 0) is 11.4 Å². The van der Waals surface area contributed by atoms with Crippen LogP contribution in [0.15, 0.2) is 42.5 Å². The number of carbonyl (C=O) groups is 1. The lowest BCUT2D eigenvalue weighted by molar-refractivity contribution is -0.137. The average molecular weight is 335 g/mol. The fraction of sp³-hybridized carbons (Fsp3) is 0.278. The van der Waals surface area contributed by atoms with Gasteiger partial charge in [-0.1, -0.05) is 36.7 Å². The summed E-state index contributed by atoms with van der Waals surface area (Å²) in [7, 11) is 1.57. The molecule has 2 rings (SSSR count). The average Bonchev–Trinajstić information content (AvgIpc) is 2.53. The molecule has 0 aliphatic carbocycles. The standard InChI is InChI=1S/C18H19ClO4/c1-12(9-18(20)21)14-4-6-15(7-5-14)23-11-13-3-8-17(22-2)16(19)10-13/h3-8,10,12H,9,11H2,1-2H3,(H,20,21)/t12-/m1/s1. The second-order valence-corrected chi connectivity index (χ2v) is 5.73. The molecule has 2 aromatic rings. The third-order valence-electron chi connectivity index (χ3n) is 3.55. The highest BCUT2D eigenvalue weighted by Gasteiger charge is 2.10. The van der Waals surface area contributed by atoms with Crippen molar-refractivity contribution >= 4 is 17.6 Å². The Labute approximate surface area is 140 Å². The van der Waals surface area contributed by atoms with E-state index in [1.54, 1.807) is 13.2 Å². The van der Waals surface area contributed by atoms with Gasteiger partial charge in [-0.05, 0) is 41.3 Å². The normalized spacial score (nSPS) is 11.8. The largest absolute Gasteiger partial charge is 0.495 e. The summed E-state index contributed by atoms with van der Waals surface area (Å²) in [6, 6.07) is 13.0. The van der Waals surface area contributed by atoms with Gasteiger partial charge in [0, 0.05) is 0 Å². The van der Waals surface area contributed by atoms with Crippen molar-refractivity contribution in [3.05, 3.63) is 58.6 Å². The first-order valence-corrected chi connectivity index (χ1v) is 7.64. The molecule has 0 fully saturated rings. The fourth-order valence-corrected chi connectivity index (χ4v) is 2.52. The van der Waals surface area contributed by atoms with Crippen molar-refractivity contribution in [2.75, 3.05) is 7.11 Å². The quantitative estimate of drug-likeness (QED) is 0.809. The van der Waals surface area contributed by atoms with E-state index >= 15 is 0 Å².